The lowest BCUT2D eigenvalue weighted by atomic mass is 9.94. The zero-order valence-corrected chi connectivity index (χ0v) is 24.1. The first-order valence-corrected chi connectivity index (χ1v) is 14.4. The van der Waals surface area contributed by atoms with Crippen LogP contribution in [0.5, 0.6) is 11.5 Å². The average molecular weight is 565 g/mol. The van der Waals surface area contributed by atoms with Gasteiger partial charge in [-0.15, -0.1) is 0 Å². The third-order valence-electron chi connectivity index (χ3n) is 7.17. The SMILES string of the molecule is CCCCOc1ccc(/C=C/C(=O)O[C@@H]2CO[C@@]3(C)[C@H](OC(=O)/C=C/c4ccc(OCCCC)cc4)CO[C@@H]23)cc1. The summed E-state index contributed by atoms with van der Waals surface area (Å²) in [5, 5.41) is 0. The van der Waals surface area contributed by atoms with E-state index in [9.17, 15) is 9.59 Å². The summed E-state index contributed by atoms with van der Waals surface area (Å²) >= 11 is 0. The molecule has 41 heavy (non-hydrogen) atoms. The van der Waals surface area contributed by atoms with Gasteiger partial charge in [-0.25, -0.2) is 9.59 Å². The van der Waals surface area contributed by atoms with Gasteiger partial charge in [0.25, 0.3) is 0 Å². The Morgan fingerprint density at radius 3 is 1.83 bits per heavy atom. The molecule has 2 heterocycles. The Balaban J connectivity index is 1.24. The van der Waals surface area contributed by atoms with Crippen molar-refractivity contribution in [3.63, 3.8) is 0 Å². The van der Waals surface area contributed by atoms with Crippen molar-refractivity contribution in [2.24, 2.45) is 0 Å². The van der Waals surface area contributed by atoms with Gasteiger partial charge in [0, 0.05) is 12.2 Å². The number of rotatable bonds is 14. The lowest BCUT2D eigenvalue weighted by molar-refractivity contribution is -0.154. The van der Waals surface area contributed by atoms with Crippen molar-refractivity contribution in [1.82, 2.24) is 0 Å². The summed E-state index contributed by atoms with van der Waals surface area (Å²) in [5.74, 6) is 0.593. The number of hydrogen-bond donors (Lipinski definition) is 0. The number of unbranched alkanes of at least 4 members (excludes halogenated alkanes) is 2. The van der Waals surface area contributed by atoms with E-state index in [0.717, 1.165) is 48.3 Å². The highest BCUT2D eigenvalue weighted by Crippen LogP contribution is 2.40. The van der Waals surface area contributed by atoms with Crippen LogP contribution in [0.3, 0.4) is 0 Å². The number of fused-ring (bicyclic) bond motifs is 1. The van der Waals surface area contributed by atoms with E-state index in [0.29, 0.717) is 13.2 Å². The third-order valence-corrected chi connectivity index (χ3v) is 7.17. The first-order chi connectivity index (χ1) is 19.9. The summed E-state index contributed by atoms with van der Waals surface area (Å²) in [5.41, 5.74) is 0.791. The molecule has 0 saturated carbocycles. The molecule has 0 radical (unpaired) electrons. The van der Waals surface area contributed by atoms with Crippen LogP contribution in [0.4, 0.5) is 0 Å². The summed E-state index contributed by atoms with van der Waals surface area (Å²) < 4.78 is 34.5. The van der Waals surface area contributed by atoms with Gasteiger partial charge in [-0.3, -0.25) is 0 Å². The van der Waals surface area contributed by atoms with E-state index < -0.39 is 35.9 Å². The largest absolute Gasteiger partial charge is 0.494 e. The molecule has 8 nitrogen and oxygen atoms in total. The Morgan fingerprint density at radius 2 is 1.32 bits per heavy atom. The number of carbonyl (C=O) groups is 2. The molecule has 0 bridgehead atoms. The highest BCUT2D eigenvalue weighted by Gasteiger charge is 2.60. The molecule has 0 unspecified atom stereocenters. The second-order valence-corrected chi connectivity index (χ2v) is 10.4. The van der Waals surface area contributed by atoms with Gasteiger partial charge in [0.1, 0.15) is 23.2 Å². The van der Waals surface area contributed by atoms with Crippen molar-refractivity contribution in [2.45, 2.75) is 70.4 Å². The maximum absolute atomic E-state index is 12.6. The Kier molecular flexibility index (Phi) is 11.0. The van der Waals surface area contributed by atoms with Crippen LogP contribution in [-0.4, -0.2) is 62.3 Å². The topological polar surface area (TPSA) is 89.5 Å². The van der Waals surface area contributed by atoms with Crippen LogP contribution in [0.1, 0.15) is 57.6 Å². The lowest BCUT2D eigenvalue weighted by Gasteiger charge is -2.27. The van der Waals surface area contributed by atoms with E-state index in [-0.39, 0.29) is 13.2 Å². The molecule has 220 valence electrons. The third kappa shape index (κ3) is 8.44. The monoisotopic (exact) mass is 564 g/mol. The summed E-state index contributed by atoms with van der Waals surface area (Å²) in [4.78, 5) is 25.1. The molecular formula is C33H40O8. The van der Waals surface area contributed by atoms with E-state index in [1.807, 2.05) is 55.5 Å². The predicted octanol–water partition coefficient (Wildman–Crippen LogP) is 5.78. The number of benzene rings is 2. The summed E-state index contributed by atoms with van der Waals surface area (Å²) in [6, 6.07) is 15.0. The number of carbonyl (C=O) groups excluding carboxylic acids is 2. The molecule has 2 aliphatic rings. The van der Waals surface area contributed by atoms with Gasteiger partial charge in [-0.1, -0.05) is 51.0 Å². The van der Waals surface area contributed by atoms with E-state index in [2.05, 4.69) is 13.8 Å². The highest BCUT2D eigenvalue weighted by molar-refractivity contribution is 5.88. The smallest absolute Gasteiger partial charge is 0.331 e. The molecule has 2 aliphatic heterocycles. The van der Waals surface area contributed by atoms with E-state index in [1.165, 1.54) is 12.2 Å². The molecule has 4 atom stereocenters. The maximum atomic E-state index is 12.6. The van der Waals surface area contributed by atoms with Crippen LogP contribution in [-0.2, 0) is 28.5 Å². The quantitative estimate of drug-likeness (QED) is 0.162. The van der Waals surface area contributed by atoms with E-state index in [4.69, 9.17) is 28.4 Å². The zero-order valence-electron chi connectivity index (χ0n) is 24.1. The van der Waals surface area contributed by atoms with Crippen LogP contribution < -0.4 is 9.47 Å². The van der Waals surface area contributed by atoms with Gasteiger partial charge in [-0.2, -0.15) is 0 Å². The van der Waals surface area contributed by atoms with Gasteiger partial charge in [0.05, 0.1) is 26.4 Å². The molecule has 0 amide bonds. The summed E-state index contributed by atoms with van der Waals surface area (Å²) in [7, 11) is 0. The minimum Gasteiger partial charge on any atom is -0.494 e. The van der Waals surface area contributed by atoms with Crippen molar-refractivity contribution in [1.29, 1.82) is 0 Å². The molecule has 8 heteroatoms. The average Bonchev–Trinajstić information content (AvgIpc) is 3.47. The molecule has 2 saturated heterocycles. The fourth-order valence-corrected chi connectivity index (χ4v) is 4.67. The molecule has 0 N–H and O–H groups in total. The Bertz CT molecular complexity index is 1190. The first kappa shape index (κ1) is 30.3. The normalized spacial score (nSPS) is 23.5. The highest BCUT2D eigenvalue weighted by atomic mass is 16.7. The molecule has 4 rings (SSSR count). The molecule has 2 aromatic rings. The molecular weight excluding hydrogens is 524 g/mol. The minimum absolute atomic E-state index is 0.154. The van der Waals surface area contributed by atoms with Crippen molar-refractivity contribution in [3.05, 3.63) is 71.8 Å². The van der Waals surface area contributed by atoms with Crippen LogP contribution in [0, 0.1) is 0 Å². The van der Waals surface area contributed by atoms with Crippen molar-refractivity contribution >= 4 is 24.1 Å². The molecule has 0 aliphatic carbocycles. The van der Waals surface area contributed by atoms with Crippen LogP contribution in [0.25, 0.3) is 12.2 Å². The first-order valence-electron chi connectivity index (χ1n) is 14.4. The predicted molar refractivity (Wildman–Crippen MR) is 156 cm³/mol. The second kappa shape index (κ2) is 14.8. The van der Waals surface area contributed by atoms with Crippen molar-refractivity contribution in [3.8, 4) is 11.5 Å². The van der Waals surface area contributed by atoms with Crippen LogP contribution >= 0.6 is 0 Å². The lowest BCUT2D eigenvalue weighted by Crippen LogP contribution is -2.46. The van der Waals surface area contributed by atoms with Crippen molar-refractivity contribution in [2.75, 3.05) is 26.4 Å². The van der Waals surface area contributed by atoms with Crippen LogP contribution in [0.15, 0.2) is 60.7 Å². The van der Waals surface area contributed by atoms with E-state index >= 15 is 0 Å². The summed E-state index contributed by atoms with van der Waals surface area (Å²) in [6.45, 7) is 7.73. The van der Waals surface area contributed by atoms with Crippen LogP contribution in [0.2, 0.25) is 0 Å². The maximum Gasteiger partial charge on any atom is 0.331 e. The van der Waals surface area contributed by atoms with Crippen molar-refractivity contribution < 1.29 is 38.0 Å². The number of ether oxygens (including phenoxy) is 6. The number of esters is 2. The Labute approximate surface area is 242 Å². The Morgan fingerprint density at radius 1 is 0.805 bits per heavy atom. The van der Waals surface area contributed by atoms with Gasteiger partial charge in [-0.05, 0) is 67.3 Å². The van der Waals surface area contributed by atoms with Gasteiger partial charge >= 0.3 is 11.9 Å². The Hall–Kier alpha value is -3.62. The van der Waals surface area contributed by atoms with E-state index in [1.54, 1.807) is 12.2 Å². The molecule has 0 spiro atoms. The number of hydrogen-bond acceptors (Lipinski definition) is 8. The fraction of sp³-hybridized carbons (Fsp3) is 0.455. The second-order valence-electron chi connectivity index (χ2n) is 10.4. The van der Waals surface area contributed by atoms with Gasteiger partial charge in [0.15, 0.2) is 12.2 Å². The fourth-order valence-electron chi connectivity index (χ4n) is 4.67. The van der Waals surface area contributed by atoms with Gasteiger partial charge in [0.2, 0.25) is 0 Å². The zero-order chi connectivity index (χ0) is 29.1. The minimum atomic E-state index is -0.913. The molecule has 0 aromatic heterocycles. The molecule has 2 fully saturated rings. The summed E-state index contributed by atoms with van der Waals surface area (Å²) in [6.07, 6.45) is 8.53. The van der Waals surface area contributed by atoms with Gasteiger partial charge < -0.3 is 28.4 Å². The molecule has 2 aromatic carbocycles. The standard InChI is InChI=1S/C33H40O8/c1-4-6-20-36-26-14-8-24(9-15-26)12-18-30(34)40-28-22-39-33(3)29(23-38-32(28)33)41-31(35)19-13-25-10-16-27(17-11-25)37-21-7-5-2/h8-19,28-29,32H,4-7,20-23H2,1-3H3/b18-12+,19-13+/t28-,29-,32+,33+/m1/s1.